The Balaban J connectivity index is 1.37. The fraction of sp³-hybridized carbons (Fsp3) is 0.250. The van der Waals surface area contributed by atoms with Gasteiger partial charge in [0, 0.05) is 19.5 Å². The average Bonchev–Trinajstić information content (AvgIpc) is 3.16. The van der Waals surface area contributed by atoms with Gasteiger partial charge in [-0.15, -0.1) is 0 Å². The lowest BCUT2D eigenvalue weighted by Gasteiger charge is -2.30. The maximum atomic E-state index is 13.0. The number of carboxylic acids is 1. The predicted octanol–water partition coefficient (Wildman–Crippen LogP) is 4.66. The number of alkyl carbamates (subject to hydrolysis) is 1. The summed E-state index contributed by atoms with van der Waals surface area (Å²) >= 11 is 0. The second-order valence-electron chi connectivity index (χ2n) is 9.24. The van der Waals surface area contributed by atoms with Crippen molar-refractivity contribution in [2.75, 3.05) is 13.7 Å². The monoisotopic (exact) mass is 472 g/mol. The van der Waals surface area contributed by atoms with Crippen LogP contribution in [0.2, 0.25) is 0 Å². The van der Waals surface area contributed by atoms with Gasteiger partial charge in [0.2, 0.25) is 5.91 Å². The van der Waals surface area contributed by atoms with Crippen molar-refractivity contribution in [1.82, 2.24) is 10.2 Å². The van der Waals surface area contributed by atoms with Crippen molar-refractivity contribution in [2.45, 2.75) is 31.8 Å². The molecule has 1 aliphatic rings. The Morgan fingerprint density at radius 2 is 1.46 bits per heavy atom. The largest absolute Gasteiger partial charge is 0.478 e. The molecule has 0 saturated carbocycles. The van der Waals surface area contributed by atoms with Gasteiger partial charge in [0.05, 0.1) is 5.56 Å². The molecule has 7 heteroatoms. The third kappa shape index (κ3) is 5.04. The normalized spacial score (nSPS) is 12.4. The lowest BCUT2D eigenvalue weighted by Crippen LogP contribution is -2.55. The van der Waals surface area contributed by atoms with Crippen LogP contribution in [0, 0.1) is 0 Å². The predicted molar refractivity (Wildman–Crippen MR) is 132 cm³/mol. The Morgan fingerprint density at radius 1 is 0.914 bits per heavy atom. The van der Waals surface area contributed by atoms with E-state index in [2.05, 4.69) is 17.4 Å². The second-order valence-corrected chi connectivity index (χ2v) is 9.24. The first-order chi connectivity index (χ1) is 16.7. The first-order valence-corrected chi connectivity index (χ1v) is 11.4. The molecule has 0 radical (unpaired) electrons. The minimum absolute atomic E-state index is 0.0663. The number of hydrogen-bond donors (Lipinski definition) is 2. The van der Waals surface area contributed by atoms with Gasteiger partial charge in [-0.2, -0.15) is 0 Å². The number of nitrogens with zero attached hydrogens (tertiary/aromatic N) is 1. The van der Waals surface area contributed by atoms with Crippen LogP contribution in [0.1, 0.15) is 46.8 Å². The van der Waals surface area contributed by atoms with E-state index in [-0.39, 0.29) is 30.5 Å². The SMILES string of the molecule is CN(Cc1ccc(C(=O)O)cc1)C(=O)C(C)(C)NC(=O)OCC1c2ccccc2-c2ccccc21. The molecule has 0 fully saturated rings. The molecule has 3 aromatic rings. The number of carbonyl (C=O) groups excluding carboxylic acids is 2. The smallest absolute Gasteiger partial charge is 0.408 e. The van der Waals surface area contributed by atoms with Crippen LogP contribution in [0.25, 0.3) is 11.1 Å². The van der Waals surface area contributed by atoms with E-state index in [4.69, 9.17) is 9.84 Å². The van der Waals surface area contributed by atoms with E-state index in [1.165, 1.54) is 17.0 Å². The van der Waals surface area contributed by atoms with Gasteiger partial charge in [-0.25, -0.2) is 9.59 Å². The Hall–Kier alpha value is -4.13. The van der Waals surface area contributed by atoms with Gasteiger partial charge in [0.1, 0.15) is 12.1 Å². The van der Waals surface area contributed by atoms with Crippen LogP contribution in [0.4, 0.5) is 4.79 Å². The number of benzene rings is 3. The third-order valence-corrected chi connectivity index (χ3v) is 6.26. The summed E-state index contributed by atoms with van der Waals surface area (Å²) in [5.74, 6) is -1.37. The van der Waals surface area contributed by atoms with E-state index >= 15 is 0 Å². The molecule has 35 heavy (non-hydrogen) atoms. The van der Waals surface area contributed by atoms with Crippen molar-refractivity contribution >= 4 is 18.0 Å². The molecule has 0 aliphatic heterocycles. The summed E-state index contributed by atoms with van der Waals surface area (Å²) in [6, 6.07) is 22.5. The van der Waals surface area contributed by atoms with Gasteiger partial charge in [-0.05, 0) is 53.8 Å². The van der Waals surface area contributed by atoms with Gasteiger partial charge in [0.25, 0.3) is 0 Å². The topological polar surface area (TPSA) is 95.9 Å². The number of hydrogen-bond acceptors (Lipinski definition) is 4. The number of amides is 2. The molecule has 180 valence electrons. The van der Waals surface area contributed by atoms with Crippen LogP contribution in [-0.4, -0.2) is 47.2 Å². The van der Waals surface area contributed by atoms with Gasteiger partial charge in [-0.3, -0.25) is 4.79 Å². The molecule has 2 N–H and O–H groups in total. The van der Waals surface area contributed by atoms with Crippen molar-refractivity contribution < 1.29 is 24.2 Å². The number of ether oxygens (including phenoxy) is 1. The standard InChI is InChI=1S/C28H28N2O5/c1-28(2,26(33)30(3)16-18-12-14-19(15-13-18)25(31)32)29-27(34)35-17-24-22-10-6-4-8-20(22)21-9-5-7-11-23(21)24/h4-15,24H,16-17H2,1-3H3,(H,29,34)(H,31,32). The fourth-order valence-electron chi connectivity index (χ4n) is 4.52. The first-order valence-electron chi connectivity index (χ1n) is 11.4. The molecule has 4 rings (SSSR count). The molecule has 0 saturated heterocycles. The number of rotatable bonds is 7. The zero-order valence-corrected chi connectivity index (χ0v) is 19.9. The fourth-order valence-corrected chi connectivity index (χ4v) is 4.52. The van der Waals surface area contributed by atoms with Crippen molar-refractivity contribution in [3.05, 3.63) is 95.1 Å². The number of aromatic carboxylic acids is 1. The highest BCUT2D eigenvalue weighted by Crippen LogP contribution is 2.44. The van der Waals surface area contributed by atoms with E-state index in [0.29, 0.717) is 0 Å². The lowest BCUT2D eigenvalue weighted by atomic mass is 9.98. The van der Waals surface area contributed by atoms with Crippen LogP contribution in [0.3, 0.4) is 0 Å². The Morgan fingerprint density at radius 3 is 2.00 bits per heavy atom. The Labute approximate surface area is 204 Å². The minimum Gasteiger partial charge on any atom is -0.478 e. The Kier molecular flexibility index (Phi) is 6.60. The summed E-state index contributed by atoms with van der Waals surface area (Å²) in [7, 11) is 1.63. The number of nitrogens with one attached hydrogen (secondary N) is 1. The van der Waals surface area contributed by atoms with Crippen LogP contribution in [-0.2, 0) is 16.1 Å². The molecule has 0 aromatic heterocycles. The highest BCUT2D eigenvalue weighted by molar-refractivity contribution is 5.89. The summed E-state index contributed by atoms with van der Waals surface area (Å²) in [6.45, 7) is 3.69. The van der Waals surface area contributed by atoms with Crippen molar-refractivity contribution in [1.29, 1.82) is 0 Å². The van der Waals surface area contributed by atoms with E-state index in [0.717, 1.165) is 27.8 Å². The molecule has 0 atom stereocenters. The van der Waals surface area contributed by atoms with Crippen LogP contribution < -0.4 is 5.32 Å². The average molecular weight is 473 g/mol. The summed E-state index contributed by atoms with van der Waals surface area (Å²) in [6.07, 6.45) is -0.663. The van der Waals surface area contributed by atoms with Crippen molar-refractivity contribution in [3.63, 3.8) is 0 Å². The third-order valence-electron chi connectivity index (χ3n) is 6.26. The molecule has 1 aliphatic carbocycles. The van der Waals surface area contributed by atoms with E-state index in [1.54, 1.807) is 33.0 Å². The van der Waals surface area contributed by atoms with E-state index in [9.17, 15) is 14.4 Å². The highest BCUT2D eigenvalue weighted by Gasteiger charge is 2.34. The molecule has 0 bridgehead atoms. The minimum atomic E-state index is -1.20. The van der Waals surface area contributed by atoms with Crippen molar-refractivity contribution in [3.8, 4) is 11.1 Å². The summed E-state index contributed by atoms with van der Waals surface area (Å²) < 4.78 is 5.58. The van der Waals surface area contributed by atoms with Gasteiger partial charge in [0.15, 0.2) is 0 Å². The molecule has 0 spiro atoms. The number of carboxylic acid groups (broad SMARTS) is 1. The second kappa shape index (κ2) is 9.62. The molecule has 7 nitrogen and oxygen atoms in total. The maximum Gasteiger partial charge on any atom is 0.408 e. The maximum absolute atomic E-state index is 13.0. The molecule has 3 aromatic carbocycles. The van der Waals surface area contributed by atoms with Crippen molar-refractivity contribution in [2.24, 2.45) is 0 Å². The number of likely N-dealkylation sites (N-methyl/N-ethyl adjacent to an activating group) is 1. The van der Waals surface area contributed by atoms with E-state index < -0.39 is 17.6 Å². The number of fused-ring (bicyclic) bond motifs is 3. The molecule has 2 amide bonds. The molecule has 0 heterocycles. The quantitative estimate of drug-likeness (QED) is 0.521. The Bertz CT molecular complexity index is 1220. The zero-order chi connectivity index (χ0) is 25.2. The summed E-state index contributed by atoms with van der Waals surface area (Å²) in [5.41, 5.74) is 4.29. The summed E-state index contributed by atoms with van der Waals surface area (Å²) in [4.78, 5) is 38.2. The van der Waals surface area contributed by atoms with E-state index in [1.807, 2.05) is 36.4 Å². The van der Waals surface area contributed by atoms with Crippen LogP contribution in [0.5, 0.6) is 0 Å². The number of carbonyl (C=O) groups is 3. The van der Waals surface area contributed by atoms with Gasteiger partial charge in [-0.1, -0.05) is 60.7 Å². The van der Waals surface area contributed by atoms with Gasteiger partial charge >= 0.3 is 12.1 Å². The molecular weight excluding hydrogens is 444 g/mol. The molecular formula is C28H28N2O5. The molecule has 0 unspecified atom stereocenters. The van der Waals surface area contributed by atoms with Crippen LogP contribution >= 0.6 is 0 Å². The lowest BCUT2D eigenvalue weighted by molar-refractivity contribution is -0.136. The van der Waals surface area contributed by atoms with Crippen LogP contribution in [0.15, 0.2) is 72.8 Å². The van der Waals surface area contributed by atoms with Gasteiger partial charge < -0.3 is 20.1 Å². The first kappa shape index (κ1) is 24.0. The zero-order valence-electron chi connectivity index (χ0n) is 19.9. The highest BCUT2D eigenvalue weighted by atomic mass is 16.5. The summed E-state index contributed by atoms with van der Waals surface area (Å²) in [5, 5.41) is 11.7.